The number of aliphatic carboxylic acids is 2. The molecule has 1 heterocycles. The summed E-state index contributed by atoms with van der Waals surface area (Å²) < 4.78 is 26.9. The number of aliphatic hydroxyl groups is 1. The lowest BCUT2D eigenvalue weighted by Crippen LogP contribution is -2.54. The van der Waals surface area contributed by atoms with Crippen LogP contribution in [0, 0.1) is 0 Å². The number of nitrogens with one attached hydrogen (secondary N) is 1. The summed E-state index contributed by atoms with van der Waals surface area (Å²) in [5, 5.41) is 32.9. The highest BCUT2D eigenvalue weighted by Gasteiger charge is 2.58. The highest BCUT2D eigenvalue weighted by molar-refractivity contribution is 6.02. The van der Waals surface area contributed by atoms with Crippen molar-refractivity contribution in [1.82, 2.24) is 5.32 Å². The number of fused-ring (bicyclic) bond motifs is 1. The number of benzene rings is 3. The summed E-state index contributed by atoms with van der Waals surface area (Å²) in [6, 6.07) is 17.1. The molecule has 4 N–H and O–H groups in total. The molecule has 0 aliphatic carbocycles. The predicted molar refractivity (Wildman–Crippen MR) is 143 cm³/mol. The molecule has 0 aromatic heterocycles. The van der Waals surface area contributed by atoms with Gasteiger partial charge in [-0.2, -0.15) is 0 Å². The Balaban J connectivity index is 1.50. The molecule has 11 heteroatoms. The van der Waals surface area contributed by atoms with E-state index in [0.29, 0.717) is 34.8 Å². The molecule has 1 aliphatic heterocycles. The molecule has 3 aromatic carbocycles. The van der Waals surface area contributed by atoms with Crippen LogP contribution >= 0.6 is 0 Å². The van der Waals surface area contributed by atoms with E-state index in [1.165, 1.54) is 13.2 Å². The molecule has 2 unspecified atom stereocenters. The molecule has 0 radical (unpaired) electrons. The summed E-state index contributed by atoms with van der Waals surface area (Å²) in [5.41, 5.74) is 1.91. The van der Waals surface area contributed by atoms with Crippen molar-refractivity contribution >= 4 is 11.9 Å². The van der Waals surface area contributed by atoms with Gasteiger partial charge in [0.05, 0.1) is 14.2 Å². The van der Waals surface area contributed by atoms with E-state index in [1.807, 2.05) is 6.92 Å². The zero-order valence-corrected chi connectivity index (χ0v) is 22.2. The van der Waals surface area contributed by atoms with E-state index in [2.05, 4.69) is 5.32 Å². The van der Waals surface area contributed by atoms with Crippen molar-refractivity contribution in [3.8, 4) is 39.9 Å². The standard InChI is InChI=1S/C29H31NO10/c1-17(30-15-20(31)16-38-23-11-9-22(37-3)10-12-23)14-19-6-13-24-26(40-29(39-24,27(32)33)28(34)35)25(19)18-4-7-21(36-2)8-5-18/h4-13,17,20,30-31H,14-16H2,1-3H3,(H,32,33)(H,34,35). The Labute approximate surface area is 230 Å². The molecular weight excluding hydrogens is 522 g/mol. The number of carbonyl (C=O) groups is 2. The van der Waals surface area contributed by atoms with E-state index < -0.39 is 23.8 Å². The van der Waals surface area contributed by atoms with Gasteiger partial charge in [0.15, 0.2) is 11.5 Å². The molecule has 212 valence electrons. The molecule has 1 aliphatic rings. The molecule has 0 spiro atoms. The van der Waals surface area contributed by atoms with E-state index in [0.717, 1.165) is 5.56 Å². The van der Waals surface area contributed by atoms with Crippen molar-refractivity contribution in [2.75, 3.05) is 27.4 Å². The molecule has 2 atom stereocenters. The number of methoxy groups -OCH3 is 2. The average Bonchev–Trinajstić information content (AvgIpc) is 3.37. The average molecular weight is 554 g/mol. The lowest BCUT2D eigenvalue weighted by molar-refractivity contribution is -0.194. The van der Waals surface area contributed by atoms with Crippen molar-refractivity contribution in [3.63, 3.8) is 0 Å². The van der Waals surface area contributed by atoms with Crippen LogP contribution < -0.4 is 29.0 Å². The van der Waals surface area contributed by atoms with Crippen LogP contribution in [0.25, 0.3) is 11.1 Å². The van der Waals surface area contributed by atoms with Gasteiger partial charge in [0.1, 0.15) is 30.0 Å². The summed E-state index contributed by atoms with van der Waals surface area (Å²) in [4.78, 5) is 23.7. The predicted octanol–water partition coefficient (Wildman–Crippen LogP) is 2.97. The van der Waals surface area contributed by atoms with Crippen LogP contribution in [0.15, 0.2) is 60.7 Å². The lowest BCUT2D eigenvalue weighted by Gasteiger charge is -2.20. The zero-order valence-electron chi connectivity index (χ0n) is 22.2. The van der Waals surface area contributed by atoms with Crippen molar-refractivity contribution in [2.24, 2.45) is 0 Å². The molecule has 11 nitrogen and oxygen atoms in total. The van der Waals surface area contributed by atoms with E-state index in [-0.39, 0.29) is 30.7 Å². The summed E-state index contributed by atoms with van der Waals surface area (Å²) in [7, 11) is 3.12. The summed E-state index contributed by atoms with van der Waals surface area (Å²) >= 11 is 0. The Hall–Kier alpha value is -4.48. The molecule has 0 amide bonds. The molecule has 40 heavy (non-hydrogen) atoms. The van der Waals surface area contributed by atoms with E-state index >= 15 is 0 Å². The van der Waals surface area contributed by atoms with Gasteiger partial charge >= 0.3 is 17.7 Å². The van der Waals surface area contributed by atoms with E-state index in [1.54, 1.807) is 61.7 Å². The SMILES string of the molecule is COc1ccc(OCC(O)CNC(C)Cc2ccc3c(c2-c2ccc(OC)cc2)OC(C(=O)O)(C(=O)O)O3)cc1. The topological polar surface area (TPSA) is 153 Å². The summed E-state index contributed by atoms with van der Waals surface area (Å²) in [6.07, 6.45) is -0.342. The largest absolute Gasteiger partial charge is 0.497 e. The minimum Gasteiger partial charge on any atom is -0.497 e. The fraction of sp³-hybridized carbons (Fsp3) is 0.310. The smallest absolute Gasteiger partial charge is 0.453 e. The Kier molecular flexibility index (Phi) is 8.66. The Morgan fingerprint density at radius 3 is 2.02 bits per heavy atom. The second-order valence-corrected chi connectivity index (χ2v) is 9.24. The molecule has 0 saturated carbocycles. The number of rotatable bonds is 13. The van der Waals surface area contributed by atoms with Gasteiger partial charge in [0, 0.05) is 18.2 Å². The Morgan fingerprint density at radius 2 is 1.45 bits per heavy atom. The van der Waals surface area contributed by atoms with Crippen LogP contribution in [-0.2, 0) is 16.0 Å². The highest BCUT2D eigenvalue weighted by atomic mass is 16.8. The van der Waals surface area contributed by atoms with Gasteiger partial charge in [-0.05, 0) is 66.9 Å². The first-order valence-electron chi connectivity index (χ1n) is 12.5. The second kappa shape index (κ2) is 12.1. The minimum atomic E-state index is -2.89. The van der Waals surface area contributed by atoms with Gasteiger partial charge < -0.3 is 44.3 Å². The van der Waals surface area contributed by atoms with Gasteiger partial charge in [-0.15, -0.1) is 0 Å². The van der Waals surface area contributed by atoms with Crippen molar-refractivity contribution in [2.45, 2.75) is 31.3 Å². The fourth-order valence-corrected chi connectivity index (χ4v) is 4.28. The molecule has 0 bridgehead atoms. The van der Waals surface area contributed by atoms with Gasteiger partial charge in [-0.3, -0.25) is 0 Å². The first-order chi connectivity index (χ1) is 19.2. The molecule has 0 saturated heterocycles. The summed E-state index contributed by atoms with van der Waals surface area (Å²) in [5.74, 6) is -4.49. The maximum Gasteiger partial charge on any atom is 0.453 e. The van der Waals surface area contributed by atoms with Gasteiger partial charge in [0.25, 0.3) is 0 Å². The van der Waals surface area contributed by atoms with Crippen LogP contribution in [0.4, 0.5) is 0 Å². The maximum absolute atomic E-state index is 11.9. The van der Waals surface area contributed by atoms with Crippen LogP contribution in [-0.4, -0.2) is 72.6 Å². The van der Waals surface area contributed by atoms with E-state index in [9.17, 15) is 24.9 Å². The molecular formula is C29H31NO10. The fourth-order valence-electron chi connectivity index (χ4n) is 4.28. The van der Waals surface area contributed by atoms with Gasteiger partial charge in [-0.25, -0.2) is 9.59 Å². The van der Waals surface area contributed by atoms with Crippen molar-refractivity contribution in [1.29, 1.82) is 0 Å². The third-order valence-corrected chi connectivity index (χ3v) is 6.38. The number of hydrogen-bond acceptors (Lipinski definition) is 9. The Morgan fingerprint density at radius 1 is 0.875 bits per heavy atom. The third-order valence-electron chi connectivity index (χ3n) is 6.38. The second-order valence-electron chi connectivity index (χ2n) is 9.24. The zero-order chi connectivity index (χ0) is 28.9. The molecule has 4 rings (SSSR count). The van der Waals surface area contributed by atoms with Crippen LogP contribution in [0.5, 0.6) is 28.7 Å². The first-order valence-corrected chi connectivity index (χ1v) is 12.5. The summed E-state index contributed by atoms with van der Waals surface area (Å²) in [6.45, 7) is 2.26. The van der Waals surface area contributed by atoms with Crippen molar-refractivity contribution in [3.05, 3.63) is 66.2 Å². The number of carboxylic acid groups (broad SMARTS) is 2. The quantitative estimate of drug-likeness (QED) is 0.231. The number of carboxylic acids is 2. The van der Waals surface area contributed by atoms with Gasteiger partial charge in [0.2, 0.25) is 0 Å². The maximum atomic E-state index is 11.9. The normalized spacial score (nSPS) is 14.7. The number of hydrogen-bond donors (Lipinski definition) is 4. The monoisotopic (exact) mass is 553 g/mol. The van der Waals surface area contributed by atoms with Crippen LogP contribution in [0.3, 0.4) is 0 Å². The molecule has 3 aromatic rings. The van der Waals surface area contributed by atoms with Crippen molar-refractivity contribution < 1.29 is 48.6 Å². The van der Waals surface area contributed by atoms with Crippen LogP contribution in [0.2, 0.25) is 0 Å². The van der Waals surface area contributed by atoms with E-state index in [4.69, 9.17) is 23.7 Å². The number of aliphatic hydroxyl groups excluding tert-OH is 1. The third kappa shape index (κ3) is 6.05. The first kappa shape index (κ1) is 28.5. The lowest BCUT2D eigenvalue weighted by atomic mass is 9.94. The minimum absolute atomic E-state index is 0.00563. The van der Waals surface area contributed by atoms with Gasteiger partial charge in [-0.1, -0.05) is 18.2 Å². The van der Waals surface area contributed by atoms with Crippen LogP contribution in [0.1, 0.15) is 12.5 Å². The number of ether oxygens (including phenoxy) is 5. The molecule has 0 fully saturated rings. The highest BCUT2D eigenvalue weighted by Crippen LogP contribution is 2.48. The Bertz CT molecular complexity index is 1330.